The molecule has 0 N–H and O–H groups in total. The third-order valence-corrected chi connectivity index (χ3v) is 1.43. The smallest absolute Gasteiger partial charge is 0.330 e. The van der Waals surface area contributed by atoms with Crippen molar-refractivity contribution in [1.82, 2.24) is 4.98 Å². The Balaban J connectivity index is 0. The molecule has 1 aromatic rings. The van der Waals surface area contributed by atoms with Gasteiger partial charge in [-0.25, -0.2) is 4.98 Å². The number of hydrogen-bond donors (Lipinski definition) is 0. The first-order valence-corrected chi connectivity index (χ1v) is 4.42. The summed E-state index contributed by atoms with van der Waals surface area (Å²) in [5.41, 5.74) is -0.175. The number of ether oxygens (including phenoxy) is 1. The first-order chi connectivity index (χ1) is 6.65. The van der Waals surface area contributed by atoms with Crippen molar-refractivity contribution in [2.24, 2.45) is 0 Å². The Hall–Kier alpha value is -0.326. The van der Waals surface area contributed by atoms with Gasteiger partial charge in [0.15, 0.2) is 0 Å². The fourth-order valence-electron chi connectivity index (χ4n) is 0.705. The molecule has 1 rings (SSSR count). The Morgan fingerprint density at radius 3 is 2.40 bits per heavy atom. The van der Waals surface area contributed by atoms with E-state index in [1.807, 2.05) is 13.8 Å². The third-order valence-electron chi connectivity index (χ3n) is 1.20. The molecule has 81 valence electrons. The van der Waals surface area contributed by atoms with Gasteiger partial charge in [0.25, 0.3) is 5.88 Å². The first kappa shape index (κ1) is 17.1. The third kappa shape index (κ3) is 5.34. The Morgan fingerprint density at radius 2 is 2.00 bits per heavy atom. The molecule has 0 amide bonds. The van der Waals surface area contributed by atoms with Crippen LogP contribution in [0.3, 0.4) is 0 Å². The molecule has 0 aliphatic rings. The van der Waals surface area contributed by atoms with Gasteiger partial charge < -0.3 is 17.4 Å². The summed E-state index contributed by atoms with van der Waals surface area (Å²) in [5, 5.41) is 10.6. The molecule has 0 fully saturated rings. The summed E-state index contributed by atoms with van der Waals surface area (Å²) in [4.78, 5) is 13.4. The molecule has 0 atom stereocenters. The predicted molar refractivity (Wildman–Crippen MR) is 54.4 cm³/mol. The van der Waals surface area contributed by atoms with E-state index in [2.05, 4.69) is 9.72 Å². The number of methoxy groups -OCH3 is 1. The molecule has 15 heavy (non-hydrogen) atoms. The van der Waals surface area contributed by atoms with Crippen molar-refractivity contribution < 1.29 is 42.4 Å². The number of nitro groups is 1. The molecule has 0 unspecified atom stereocenters. The Morgan fingerprint density at radius 1 is 1.47 bits per heavy atom. The zero-order chi connectivity index (χ0) is 11.1. The van der Waals surface area contributed by atoms with Crippen molar-refractivity contribution in [1.29, 1.82) is 0 Å². The Labute approximate surface area is 119 Å². The molecule has 1 heterocycles. The molecule has 0 aliphatic carbocycles. The van der Waals surface area contributed by atoms with E-state index >= 15 is 0 Å². The standard InChI is InChI=1S/C6H6N2O3S.C2H6.Y/c1-11-6-4(8(9)10)2-3-5(12)7-6;1-2;/h2-3H,1H3,(H,7,12);1-2H3;/p-1. The van der Waals surface area contributed by atoms with Gasteiger partial charge in [-0.3, -0.25) is 10.1 Å². The first-order valence-electron chi connectivity index (χ1n) is 4.01. The Kier molecular flexibility index (Phi) is 10.2. The quantitative estimate of drug-likeness (QED) is 0.474. The van der Waals surface area contributed by atoms with Crippen LogP contribution in [0.4, 0.5) is 5.69 Å². The van der Waals surface area contributed by atoms with Crippen LogP contribution in [0, 0.1) is 10.1 Å². The number of pyridine rings is 1. The summed E-state index contributed by atoms with van der Waals surface area (Å²) in [5.74, 6) is -0.0486. The van der Waals surface area contributed by atoms with Gasteiger partial charge in [-0.2, -0.15) is 0 Å². The largest absolute Gasteiger partial charge is 0.760 e. The summed E-state index contributed by atoms with van der Waals surface area (Å²) < 4.78 is 4.67. The number of aromatic nitrogens is 1. The fourth-order valence-corrected chi connectivity index (χ4v) is 0.856. The maximum absolute atomic E-state index is 10.3. The van der Waals surface area contributed by atoms with Crippen molar-refractivity contribution in [3.05, 3.63) is 22.2 Å². The molecule has 1 radical (unpaired) electrons. The van der Waals surface area contributed by atoms with Crippen molar-refractivity contribution in [2.45, 2.75) is 18.9 Å². The minimum absolute atomic E-state index is 0. The van der Waals surface area contributed by atoms with E-state index in [1.165, 1.54) is 19.2 Å². The number of hydrogen-bond acceptors (Lipinski definition) is 5. The predicted octanol–water partition coefficient (Wildman–Crippen LogP) is 1.93. The molecule has 0 spiro atoms. The summed E-state index contributed by atoms with van der Waals surface area (Å²) in [6, 6.07) is 2.66. The van der Waals surface area contributed by atoms with Crippen LogP contribution in [0.25, 0.3) is 0 Å². The molecule has 0 aliphatic heterocycles. The van der Waals surface area contributed by atoms with E-state index < -0.39 is 4.92 Å². The summed E-state index contributed by atoms with van der Waals surface area (Å²) in [6.07, 6.45) is 0. The van der Waals surface area contributed by atoms with Gasteiger partial charge in [0.1, 0.15) is 0 Å². The molecule has 0 aromatic carbocycles. The Bertz CT molecular complexity index is 323. The molecular weight excluding hydrogens is 293 g/mol. The van der Waals surface area contributed by atoms with E-state index in [1.54, 1.807) is 0 Å². The molecule has 0 bridgehead atoms. The average Bonchev–Trinajstić information content (AvgIpc) is 2.20. The number of rotatable bonds is 2. The van der Waals surface area contributed by atoms with Gasteiger partial charge in [-0.15, -0.1) is 0 Å². The van der Waals surface area contributed by atoms with Gasteiger partial charge in [0.2, 0.25) is 0 Å². The van der Waals surface area contributed by atoms with E-state index in [-0.39, 0.29) is 49.3 Å². The van der Waals surface area contributed by atoms with Crippen LogP contribution in [0.5, 0.6) is 5.88 Å². The van der Waals surface area contributed by atoms with E-state index in [0.717, 1.165) is 0 Å². The monoisotopic (exact) mass is 304 g/mol. The number of nitrogens with zero attached hydrogens (tertiary/aromatic N) is 2. The molecule has 7 heteroatoms. The minimum Gasteiger partial charge on any atom is -0.760 e. The van der Waals surface area contributed by atoms with Gasteiger partial charge in [0, 0.05) is 38.8 Å². The zero-order valence-electron chi connectivity index (χ0n) is 8.76. The average molecular weight is 304 g/mol. The SMILES string of the molecule is CC.COc1nc([S-])ccc1[N+](=O)[O-].[Y]. The van der Waals surface area contributed by atoms with Crippen LogP contribution in [-0.4, -0.2) is 17.0 Å². The van der Waals surface area contributed by atoms with Gasteiger partial charge >= 0.3 is 5.69 Å². The van der Waals surface area contributed by atoms with Crippen LogP contribution in [-0.2, 0) is 45.3 Å². The normalized spacial score (nSPS) is 7.93. The second-order valence-corrected chi connectivity index (χ2v) is 2.35. The van der Waals surface area contributed by atoms with Crippen molar-refractivity contribution in [3.63, 3.8) is 0 Å². The molecular formula is C8H11N2O3SY-. The van der Waals surface area contributed by atoms with Crippen molar-refractivity contribution in [3.8, 4) is 5.88 Å². The molecule has 5 nitrogen and oxygen atoms in total. The van der Waals surface area contributed by atoms with Gasteiger partial charge in [-0.05, 0) is 0 Å². The van der Waals surface area contributed by atoms with E-state index in [0.29, 0.717) is 0 Å². The minimum atomic E-state index is -0.569. The van der Waals surface area contributed by atoms with Crippen LogP contribution >= 0.6 is 0 Å². The van der Waals surface area contributed by atoms with Crippen LogP contribution in [0.2, 0.25) is 0 Å². The summed E-state index contributed by atoms with van der Waals surface area (Å²) in [6.45, 7) is 4.00. The zero-order valence-corrected chi connectivity index (χ0v) is 12.4. The maximum Gasteiger partial charge on any atom is 0.330 e. The van der Waals surface area contributed by atoms with E-state index in [9.17, 15) is 10.1 Å². The van der Waals surface area contributed by atoms with Crippen LogP contribution in [0.1, 0.15) is 13.8 Å². The maximum atomic E-state index is 10.3. The van der Waals surface area contributed by atoms with Gasteiger partial charge in [0.05, 0.1) is 12.0 Å². The van der Waals surface area contributed by atoms with Crippen molar-refractivity contribution >= 4 is 18.3 Å². The molecule has 0 saturated heterocycles. The molecule has 0 saturated carbocycles. The summed E-state index contributed by atoms with van der Waals surface area (Å²) in [7, 11) is 1.31. The summed E-state index contributed by atoms with van der Waals surface area (Å²) >= 11 is 4.70. The molecule has 1 aromatic heterocycles. The fraction of sp³-hybridized carbons (Fsp3) is 0.375. The van der Waals surface area contributed by atoms with E-state index in [4.69, 9.17) is 12.6 Å². The topological polar surface area (TPSA) is 65.3 Å². The second-order valence-electron chi connectivity index (χ2n) is 1.94. The van der Waals surface area contributed by atoms with Crippen LogP contribution < -0.4 is 4.74 Å². The second kappa shape index (κ2) is 8.94. The van der Waals surface area contributed by atoms with Crippen molar-refractivity contribution in [2.75, 3.05) is 7.11 Å². The van der Waals surface area contributed by atoms with Crippen LogP contribution in [0.15, 0.2) is 17.2 Å². The van der Waals surface area contributed by atoms with Gasteiger partial charge in [-0.1, -0.05) is 24.9 Å².